The van der Waals surface area contributed by atoms with Crippen LogP contribution in [0.4, 0.5) is 0 Å². The summed E-state index contributed by atoms with van der Waals surface area (Å²) >= 11 is 0. The lowest BCUT2D eigenvalue weighted by atomic mass is 9.69. The molecule has 0 amide bonds. The number of hydrogen-bond donors (Lipinski definition) is 0. The number of methoxy groups -OCH3 is 1. The van der Waals surface area contributed by atoms with Crippen molar-refractivity contribution >= 4 is 77.9 Å². The minimum Gasteiger partial charge on any atom is -0.496 e. The normalized spacial score (nSPS) is 17.2. The Labute approximate surface area is 763 Å². The highest BCUT2D eigenvalue weighted by Gasteiger charge is 2.33. The van der Waals surface area contributed by atoms with Crippen LogP contribution in [-0.4, -0.2) is 15.2 Å². The maximum absolute atomic E-state index is 9.29. The third-order valence-electron chi connectivity index (χ3n) is 26.0. The molecule has 0 N–H and O–H groups in total. The summed E-state index contributed by atoms with van der Waals surface area (Å²) in [6.45, 7) is 56.3. The zero-order valence-corrected chi connectivity index (χ0v) is 81.8. The number of hydrogen-bond acceptors (Lipinski definition) is 1. The number of ether oxygens (including phenoxy) is 1. The Hall–Kier alpha value is -8.56. The molecule has 2 fully saturated rings. The molecular formula is C120H158OSi. The minimum absolute atomic E-state index is 0.00207. The zero-order valence-electron chi connectivity index (χ0n) is 94.8. The molecule has 13 aromatic carbocycles. The highest BCUT2D eigenvalue weighted by atomic mass is 28.3. The Morgan fingerprint density at radius 2 is 0.639 bits per heavy atom. The van der Waals surface area contributed by atoms with Gasteiger partial charge in [0.05, 0.1) is 15.2 Å². The van der Waals surface area contributed by atoms with E-state index in [-0.39, 0.29) is 43.6 Å². The molecule has 0 radical (unpaired) electrons. The van der Waals surface area contributed by atoms with Crippen molar-refractivity contribution in [2.75, 3.05) is 7.11 Å². The van der Waals surface area contributed by atoms with E-state index in [0.29, 0.717) is 16.5 Å². The first kappa shape index (κ1) is 77.0. The second kappa shape index (κ2) is 37.3. The molecule has 0 heterocycles. The standard InChI is InChI=1S/C23H26.C23H32.C21H28.C19H26.C18H26Si.C16H20O/c1-15-10-9-11-16(2)22(15)20-14-21(23(4,5)6)17(3)18-12-7-8-13-19(18)20;1-16-18-9-7-8-10-19(18)20(15-21(16)22(2,3)4)17-11-13-23(5,6)14-12-17;1-15-17-12-8-9-13-18(17)19(14-20(15)21(2,3)4)16-10-6-5-7-11-16;2*1-13-14-10-8-9-11-15(14)17(19(5,6)7)12-16(13)18(2,3)4;1-11-12-8-6-7-9-13(12)15(17-5)10-14(11)16(2,3)4/h7-14H,1-6H3;7-10,15,17H,11-14H2,1-6H3;8-9,12-14,16H,5-7,10-11H2,1-4H3;2*8-12H,1-7H3;6-10H,1-5H3/i1D3,2D3;17D;16D;2*5D3;. The average molecular weight is 1660 g/mol. The van der Waals surface area contributed by atoms with Gasteiger partial charge in [0.2, 0.25) is 0 Å². The Morgan fingerprint density at radius 3 is 1.02 bits per heavy atom. The predicted molar refractivity (Wildman–Crippen MR) is 548 cm³/mol. The summed E-state index contributed by atoms with van der Waals surface area (Å²) in [5.74, 6) is 0.130. The smallest absolute Gasteiger partial charge is 0.126 e. The van der Waals surface area contributed by atoms with Gasteiger partial charge in [-0.3, -0.25) is 0 Å². The van der Waals surface area contributed by atoms with Gasteiger partial charge in [0.25, 0.3) is 0 Å². The molecule has 15 rings (SSSR count). The van der Waals surface area contributed by atoms with Gasteiger partial charge in [0, 0.05) is 24.6 Å². The highest BCUT2D eigenvalue weighted by Crippen LogP contribution is 2.49. The number of fused-ring (bicyclic) bond motifs is 6. The lowest BCUT2D eigenvalue weighted by Crippen LogP contribution is -2.39. The number of benzene rings is 13. The summed E-state index contributed by atoms with van der Waals surface area (Å²) in [4.78, 5) is 0. The van der Waals surface area contributed by atoms with Crippen molar-refractivity contribution in [3.8, 4) is 16.9 Å². The molecule has 2 aliphatic carbocycles. The molecule has 2 heteroatoms. The Bertz CT molecular complexity index is 6330. The van der Waals surface area contributed by atoms with Crippen molar-refractivity contribution < 1.29 is 23.9 Å². The molecule has 122 heavy (non-hydrogen) atoms. The quantitative estimate of drug-likeness (QED) is 0.156. The van der Waals surface area contributed by atoms with Crippen LogP contribution in [-0.2, 0) is 37.9 Å². The van der Waals surface area contributed by atoms with Crippen LogP contribution in [0.3, 0.4) is 0 Å². The molecule has 0 spiro atoms. The van der Waals surface area contributed by atoms with Crippen molar-refractivity contribution in [3.63, 3.8) is 0 Å². The highest BCUT2D eigenvalue weighted by molar-refractivity contribution is 6.90. The first-order valence-corrected chi connectivity index (χ1v) is 48.2. The van der Waals surface area contributed by atoms with Gasteiger partial charge in [-0.2, -0.15) is 0 Å². The molecule has 0 atom stereocenters. The average Bonchev–Trinajstić information content (AvgIpc) is 0.811. The van der Waals surface area contributed by atoms with Crippen LogP contribution in [0.1, 0.15) is 343 Å². The summed E-state index contributed by atoms with van der Waals surface area (Å²) in [7, 11) is -0.839. The fourth-order valence-electron chi connectivity index (χ4n) is 19.3. The molecule has 0 aliphatic heterocycles. The summed E-state index contributed by atoms with van der Waals surface area (Å²) in [6, 6.07) is 67.7. The minimum atomic E-state index is -2.58. The maximum Gasteiger partial charge on any atom is 0.126 e. The molecule has 0 saturated heterocycles. The van der Waals surface area contributed by atoms with E-state index in [1.807, 2.05) is 87.6 Å². The van der Waals surface area contributed by atoms with Gasteiger partial charge in [0.1, 0.15) is 5.75 Å². The third-order valence-corrected chi connectivity index (χ3v) is 27.8. The fraction of sp³-hybridized carbons (Fsp3) is 0.450. The molecule has 0 aromatic heterocycles. The van der Waals surface area contributed by atoms with E-state index in [4.69, 9.17) is 22.6 Å². The van der Waals surface area contributed by atoms with Gasteiger partial charge in [-0.1, -0.05) is 391 Å². The van der Waals surface area contributed by atoms with Crippen LogP contribution in [0.2, 0.25) is 19.6 Å². The first-order valence-electron chi connectivity index (χ1n) is 52.2. The topological polar surface area (TPSA) is 9.23 Å². The fourth-order valence-corrected chi connectivity index (χ4v) is 20.7. The van der Waals surface area contributed by atoms with E-state index in [1.165, 1.54) is 142 Å². The predicted octanol–water partition coefficient (Wildman–Crippen LogP) is 35.5. The second-order valence-corrected chi connectivity index (χ2v) is 47.2. The molecule has 13 aromatic rings. The van der Waals surface area contributed by atoms with E-state index in [0.717, 1.165) is 93.1 Å². The van der Waals surface area contributed by atoms with Crippen molar-refractivity contribution in [1.82, 2.24) is 0 Å². The van der Waals surface area contributed by atoms with E-state index >= 15 is 0 Å². The summed E-state index contributed by atoms with van der Waals surface area (Å²) in [5, 5.41) is 15.2. The molecule has 2 aliphatic rings. The van der Waals surface area contributed by atoms with Gasteiger partial charge < -0.3 is 4.74 Å². The molecule has 2 saturated carbocycles. The van der Waals surface area contributed by atoms with Crippen LogP contribution in [0, 0.1) is 60.7 Å². The zero-order chi connectivity index (χ0) is 102. The lowest BCUT2D eigenvalue weighted by Gasteiger charge is -2.36. The van der Waals surface area contributed by atoms with Gasteiger partial charge in [-0.05, 0) is 326 Å². The van der Waals surface area contributed by atoms with Crippen molar-refractivity contribution in [3.05, 3.63) is 295 Å². The van der Waals surface area contributed by atoms with Gasteiger partial charge in [-0.15, -0.1) is 0 Å². The Morgan fingerprint density at radius 1 is 0.328 bits per heavy atom. The van der Waals surface area contributed by atoms with Gasteiger partial charge >= 0.3 is 0 Å². The van der Waals surface area contributed by atoms with Crippen LogP contribution >= 0.6 is 0 Å². The summed E-state index contributed by atoms with van der Waals surface area (Å²) in [5.41, 5.74) is 19.6. The lowest BCUT2D eigenvalue weighted by molar-refractivity contribution is 0.225. The van der Waals surface area contributed by atoms with E-state index in [1.54, 1.807) is 7.11 Å². The van der Waals surface area contributed by atoms with Crippen molar-refractivity contribution in [1.29, 1.82) is 0 Å². The van der Waals surface area contributed by atoms with Crippen molar-refractivity contribution in [2.24, 2.45) is 5.41 Å². The molecular weight excluding hydrogens is 1490 g/mol. The molecule has 648 valence electrons. The Balaban J connectivity index is 0.000000170. The molecule has 1 nitrogen and oxygen atoms in total. The second-order valence-electron chi connectivity index (χ2n) is 43.4. The number of aryl methyl sites for hydroxylation is 8. The number of rotatable bonds is 5. The molecule has 0 bridgehead atoms. The van der Waals surface area contributed by atoms with Gasteiger partial charge in [0.15, 0.2) is 0 Å². The van der Waals surface area contributed by atoms with Gasteiger partial charge in [-0.25, -0.2) is 0 Å². The monoisotopic (exact) mass is 1660 g/mol. The van der Waals surface area contributed by atoms with Crippen LogP contribution < -0.4 is 9.92 Å². The molecule has 0 unspecified atom stereocenters. The van der Waals surface area contributed by atoms with E-state index in [2.05, 4.69) is 301 Å². The third kappa shape index (κ3) is 21.8. The van der Waals surface area contributed by atoms with E-state index < -0.39 is 52.3 Å². The Kier molecular flexibility index (Phi) is 23.6. The first-order chi connectivity index (χ1) is 62.3. The van der Waals surface area contributed by atoms with Crippen molar-refractivity contribution in [2.45, 2.75) is 341 Å². The van der Waals surface area contributed by atoms with Crippen LogP contribution in [0.25, 0.3) is 75.8 Å². The van der Waals surface area contributed by atoms with E-state index in [9.17, 15) is 1.37 Å². The SMILES string of the molecule is COc1cc(C(C)(C)C)c(C)c2ccccc12.[2H]C([2H])([2H])C(C)(C)c1cc(C(C)(C)C)c(C)c2ccccc12.[2H]C([2H])([2H])[Si](C)(C)c1cc(C(C)(C)C)c(C)c2ccccc12.[2H]C([2H])([2H])c1cccc(C([2H])([2H])[2H])c1-c1cc(C(C)(C)C)c(C)c2ccccc12.[2H]C1(c2cc(C(C)(C)C)c(C)c3ccccc23)CCC(C)(C)CC1.[2H]C1(c2cc(C(C)(C)C)c(C)c3ccccc23)CCCCC1. The largest absolute Gasteiger partial charge is 0.496 e. The maximum atomic E-state index is 9.29. The summed E-state index contributed by atoms with van der Waals surface area (Å²) < 4.78 is 120. The summed E-state index contributed by atoms with van der Waals surface area (Å²) in [6.07, 6.45) is 9.90. The van der Waals surface area contributed by atoms with Crippen LogP contribution in [0.15, 0.2) is 200 Å². The van der Waals surface area contributed by atoms with Crippen LogP contribution in [0.5, 0.6) is 5.75 Å².